The lowest BCUT2D eigenvalue weighted by molar-refractivity contribution is -0.119. The number of rotatable bonds is 14. The van der Waals surface area contributed by atoms with Crippen molar-refractivity contribution >= 4 is 51.0 Å². The van der Waals surface area contributed by atoms with Gasteiger partial charge in [0.25, 0.3) is 15.9 Å². The van der Waals surface area contributed by atoms with Gasteiger partial charge in [0.05, 0.1) is 30.5 Å². The van der Waals surface area contributed by atoms with E-state index in [1.165, 1.54) is 56.6 Å². The van der Waals surface area contributed by atoms with E-state index in [-0.39, 0.29) is 23.1 Å². The number of anilines is 2. The van der Waals surface area contributed by atoms with Gasteiger partial charge in [0.2, 0.25) is 5.91 Å². The predicted octanol–water partition coefficient (Wildman–Crippen LogP) is 5.63. The number of sulfonamides is 1. The van der Waals surface area contributed by atoms with Crippen LogP contribution in [0.1, 0.15) is 25.0 Å². The summed E-state index contributed by atoms with van der Waals surface area (Å²) < 4.78 is 45.2. The Hall–Kier alpha value is -5.07. The number of hydrogen-bond donors (Lipinski definition) is 2. The van der Waals surface area contributed by atoms with E-state index in [0.29, 0.717) is 40.1 Å². The molecule has 0 aliphatic heterocycles. The molecule has 0 aromatic heterocycles. The number of nitrogens with zero attached hydrogens (tertiary/aromatic N) is 2. The molecule has 2 amide bonds. The summed E-state index contributed by atoms with van der Waals surface area (Å²) in [5, 5.41) is 7.23. The molecule has 0 unspecified atom stereocenters. The first kappa shape index (κ1) is 33.8. The molecule has 4 aromatic rings. The SMILES string of the molecule is CCOc1cc(/C=N\NC(=O)CN(c2ccc(OC)cc2)S(=O)(=O)c2ccc(NC(C)=O)cc2)ccc1OCc1cccc(Cl)c1. The second kappa shape index (κ2) is 15.8. The van der Waals surface area contributed by atoms with Crippen LogP contribution in [0.15, 0.2) is 101 Å². The first-order chi connectivity index (χ1) is 22.1. The van der Waals surface area contributed by atoms with Gasteiger partial charge in [-0.25, -0.2) is 13.8 Å². The molecular formula is C33H33ClN4O7S. The van der Waals surface area contributed by atoms with Crippen LogP contribution < -0.4 is 29.3 Å². The van der Waals surface area contributed by atoms with Gasteiger partial charge in [-0.05, 0) is 96.9 Å². The Morgan fingerprint density at radius 3 is 2.33 bits per heavy atom. The lowest BCUT2D eigenvalue weighted by atomic mass is 10.2. The lowest BCUT2D eigenvalue weighted by Gasteiger charge is -2.24. The number of methoxy groups -OCH3 is 1. The monoisotopic (exact) mass is 664 g/mol. The van der Waals surface area contributed by atoms with Gasteiger partial charge in [0.1, 0.15) is 18.9 Å². The molecule has 0 spiro atoms. The first-order valence-electron chi connectivity index (χ1n) is 14.1. The highest BCUT2D eigenvalue weighted by Gasteiger charge is 2.27. The third kappa shape index (κ3) is 9.22. The minimum Gasteiger partial charge on any atom is -0.497 e. The van der Waals surface area contributed by atoms with Crippen LogP contribution in [-0.4, -0.2) is 46.7 Å². The van der Waals surface area contributed by atoms with Gasteiger partial charge < -0.3 is 19.5 Å². The minimum atomic E-state index is -4.21. The van der Waals surface area contributed by atoms with E-state index in [2.05, 4.69) is 15.8 Å². The normalized spacial score (nSPS) is 11.1. The van der Waals surface area contributed by atoms with Crippen LogP contribution in [0.25, 0.3) is 0 Å². The van der Waals surface area contributed by atoms with E-state index < -0.39 is 22.5 Å². The largest absolute Gasteiger partial charge is 0.497 e. The molecule has 0 aliphatic carbocycles. The number of benzene rings is 4. The van der Waals surface area contributed by atoms with Crippen LogP contribution in [-0.2, 0) is 26.2 Å². The molecule has 0 radical (unpaired) electrons. The number of amides is 2. The van der Waals surface area contributed by atoms with Crippen molar-refractivity contribution < 1.29 is 32.2 Å². The maximum absolute atomic E-state index is 13.7. The van der Waals surface area contributed by atoms with Crippen LogP contribution in [0, 0.1) is 0 Å². The first-order valence-corrected chi connectivity index (χ1v) is 15.9. The number of halogens is 1. The van der Waals surface area contributed by atoms with Crippen molar-refractivity contribution in [2.45, 2.75) is 25.3 Å². The summed E-state index contributed by atoms with van der Waals surface area (Å²) in [6, 6.07) is 24.4. The maximum Gasteiger partial charge on any atom is 0.264 e. The fourth-order valence-electron chi connectivity index (χ4n) is 4.23. The molecule has 240 valence electrons. The Balaban J connectivity index is 1.48. The zero-order chi connectivity index (χ0) is 33.1. The fraction of sp³-hybridized carbons (Fsp3) is 0.182. The molecule has 0 atom stereocenters. The molecule has 4 aromatic carbocycles. The highest BCUT2D eigenvalue weighted by Crippen LogP contribution is 2.29. The quantitative estimate of drug-likeness (QED) is 0.132. The van der Waals surface area contributed by atoms with E-state index >= 15 is 0 Å². The molecule has 0 bridgehead atoms. The summed E-state index contributed by atoms with van der Waals surface area (Å²) in [7, 11) is -2.72. The molecule has 0 heterocycles. The van der Waals surface area contributed by atoms with Crippen molar-refractivity contribution in [3.63, 3.8) is 0 Å². The zero-order valence-corrected chi connectivity index (χ0v) is 27.0. The molecule has 46 heavy (non-hydrogen) atoms. The summed E-state index contributed by atoms with van der Waals surface area (Å²) in [6.45, 7) is 3.32. The van der Waals surface area contributed by atoms with Crippen LogP contribution in [0.2, 0.25) is 5.02 Å². The van der Waals surface area contributed by atoms with Gasteiger partial charge in [-0.2, -0.15) is 5.10 Å². The Bertz CT molecular complexity index is 1800. The molecule has 4 rings (SSSR count). The number of carbonyl (C=O) groups excluding carboxylic acids is 2. The molecule has 0 aliphatic rings. The Morgan fingerprint density at radius 1 is 0.935 bits per heavy atom. The maximum atomic E-state index is 13.7. The standard InChI is InChI=1S/C33H33ClN4O7S/c1-4-44-32-19-24(8-17-31(32)45-22-25-6-5-7-26(34)18-25)20-35-37-33(40)21-38(28-11-13-29(43-3)14-12-28)46(41,42)30-15-9-27(10-16-30)36-23(2)39/h5-20H,4,21-22H2,1-3H3,(H,36,39)(H,37,40)/b35-20-. The smallest absolute Gasteiger partial charge is 0.264 e. The van der Waals surface area contributed by atoms with E-state index in [4.69, 9.17) is 25.8 Å². The average Bonchev–Trinajstić information content (AvgIpc) is 3.03. The van der Waals surface area contributed by atoms with E-state index in [9.17, 15) is 18.0 Å². The molecule has 0 fully saturated rings. The van der Waals surface area contributed by atoms with Gasteiger partial charge in [0, 0.05) is 17.6 Å². The van der Waals surface area contributed by atoms with Crippen LogP contribution in [0.3, 0.4) is 0 Å². The van der Waals surface area contributed by atoms with Crippen molar-refractivity contribution in [1.82, 2.24) is 5.43 Å². The molecule has 0 saturated carbocycles. The summed E-state index contributed by atoms with van der Waals surface area (Å²) >= 11 is 6.07. The van der Waals surface area contributed by atoms with E-state index in [0.717, 1.165) is 9.87 Å². The van der Waals surface area contributed by atoms with Crippen molar-refractivity contribution in [1.29, 1.82) is 0 Å². The van der Waals surface area contributed by atoms with Gasteiger partial charge in [-0.1, -0.05) is 23.7 Å². The van der Waals surface area contributed by atoms with Crippen molar-refractivity contribution in [3.8, 4) is 17.2 Å². The third-order valence-electron chi connectivity index (χ3n) is 6.36. The van der Waals surface area contributed by atoms with E-state index in [1.54, 1.807) is 36.4 Å². The summed E-state index contributed by atoms with van der Waals surface area (Å²) in [5.74, 6) is 0.550. The molecule has 13 heteroatoms. The predicted molar refractivity (Wildman–Crippen MR) is 177 cm³/mol. The average molecular weight is 665 g/mol. The third-order valence-corrected chi connectivity index (χ3v) is 8.39. The van der Waals surface area contributed by atoms with E-state index in [1.807, 2.05) is 25.1 Å². The number of ether oxygens (including phenoxy) is 3. The molecule has 0 saturated heterocycles. The number of hydrazone groups is 1. The van der Waals surface area contributed by atoms with Crippen LogP contribution in [0.5, 0.6) is 17.2 Å². The molecular weight excluding hydrogens is 632 g/mol. The van der Waals surface area contributed by atoms with Crippen LogP contribution in [0.4, 0.5) is 11.4 Å². The lowest BCUT2D eigenvalue weighted by Crippen LogP contribution is -2.39. The van der Waals surface area contributed by atoms with Gasteiger partial charge >= 0.3 is 0 Å². The topological polar surface area (TPSA) is 136 Å². The summed E-state index contributed by atoms with van der Waals surface area (Å²) in [5.41, 5.74) is 4.57. The Labute approximate surface area is 272 Å². The number of nitrogens with one attached hydrogen (secondary N) is 2. The summed E-state index contributed by atoms with van der Waals surface area (Å²) in [6.07, 6.45) is 1.41. The highest BCUT2D eigenvalue weighted by molar-refractivity contribution is 7.92. The number of carbonyl (C=O) groups is 2. The fourth-order valence-corrected chi connectivity index (χ4v) is 5.86. The highest BCUT2D eigenvalue weighted by atomic mass is 35.5. The Morgan fingerprint density at radius 2 is 1.67 bits per heavy atom. The van der Waals surface area contributed by atoms with Crippen molar-refractivity contribution in [3.05, 3.63) is 107 Å². The van der Waals surface area contributed by atoms with Gasteiger partial charge in [-0.15, -0.1) is 0 Å². The molecule has 11 nitrogen and oxygen atoms in total. The zero-order valence-electron chi connectivity index (χ0n) is 25.4. The summed E-state index contributed by atoms with van der Waals surface area (Å²) in [4.78, 5) is 24.3. The van der Waals surface area contributed by atoms with Crippen molar-refractivity contribution in [2.75, 3.05) is 29.9 Å². The van der Waals surface area contributed by atoms with Crippen molar-refractivity contribution in [2.24, 2.45) is 5.10 Å². The minimum absolute atomic E-state index is 0.0742. The number of hydrogen-bond acceptors (Lipinski definition) is 8. The second-order valence-corrected chi connectivity index (χ2v) is 12.1. The van der Waals surface area contributed by atoms with Crippen LogP contribution >= 0.6 is 11.6 Å². The van der Waals surface area contributed by atoms with Gasteiger partial charge in [-0.3, -0.25) is 13.9 Å². The molecule has 2 N–H and O–H groups in total. The van der Waals surface area contributed by atoms with Gasteiger partial charge in [0.15, 0.2) is 11.5 Å². The Kier molecular flexibility index (Phi) is 11.6. The second-order valence-electron chi connectivity index (χ2n) is 9.77.